The zero-order valence-corrected chi connectivity index (χ0v) is 31.7. The molecule has 4 amide bonds. The highest BCUT2D eigenvalue weighted by atomic mass is 16.6. The number of carbonyl (C=O) groups excluding carboxylic acids is 4. The van der Waals surface area contributed by atoms with E-state index >= 15 is 0 Å². The number of aromatic nitrogens is 3. The van der Waals surface area contributed by atoms with Crippen molar-refractivity contribution in [1.29, 1.82) is 0 Å². The first kappa shape index (κ1) is 37.8. The summed E-state index contributed by atoms with van der Waals surface area (Å²) in [5.41, 5.74) is 1.24. The molecule has 1 unspecified atom stereocenters. The van der Waals surface area contributed by atoms with Crippen molar-refractivity contribution >= 4 is 40.5 Å². The third-order valence-electron chi connectivity index (χ3n) is 9.82. The maximum atomic E-state index is 14.3. The zero-order valence-electron chi connectivity index (χ0n) is 31.7. The van der Waals surface area contributed by atoms with E-state index in [2.05, 4.69) is 25.9 Å². The second-order valence-electron chi connectivity index (χ2n) is 15.5. The van der Waals surface area contributed by atoms with E-state index in [4.69, 9.17) is 4.74 Å². The molecule has 4 N–H and O–H groups in total. The number of ether oxygens (including phenoxy) is 1. The lowest BCUT2D eigenvalue weighted by atomic mass is 9.88. The highest BCUT2D eigenvalue weighted by molar-refractivity contribution is 5.99. The number of anilines is 1. The predicted molar refractivity (Wildman–Crippen MR) is 209 cm³/mol. The smallest absolute Gasteiger partial charge is 0.408 e. The van der Waals surface area contributed by atoms with Gasteiger partial charge < -0.3 is 35.1 Å². The number of benzene rings is 3. The summed E-state index contributed by atoms with van der Waals surface area (Å²) in [6, 6.07) is 24.6. The number of aromatic amines is 1. The Labute approximate surface area is 315 Å². The Morgan fingerprint density at radius 2 is 1.50 bits per heavy atom. The molecule has 2 aromatic heterocycles. The first-order valence-corrected chi connectivity index (χ1v) is 18.3. The lowest BCUT2D eigenvalue weighted by Crippen LogP contribution is -2.59. The maximum Gasteiger partial charge on any atom is 0.408 e. The molecule has 0 radical (unpaired) electrons. The third kappa shape index (κ3) is 8.33. The quantitative estimate of drug-likeness (QED) is 0.124. The number of imidazole rings is 1. The van der Waals surface area contributed by atoms with Gasteiger partial charge in [0, 0.05) is 42.8 Å². The van der Waals surface area contributed by atoms with E-state index < -0.39 is 40.6 Å². The molecule has 1 aliphatic heterocycles. The monoisotopic (exact) mass is 731 g/mol. The van der Waals surface area contributed by atoms with Gasteiger partial charge in [-0.05, 0) is 82.7 Å². The molecule has 12 heteroatoms. The topological polar surface area (TPSA) is 150 Å². The summed E-state index contributed by atoms with van der Waals surface area (Å²) in [6.07, 6.45) is 6.28. The number of hydrogen-bond acceptors (Lipinski definition) is 6. The molecule has 1 fully saturated rings. The minimum atomic E-state index is -1.42. The molecule has 5 aromatic rings. The Kier molecular flexibility index (Phi) is 10.7. The lowest BCUT2D eigenvalue weighted by Gasteiger charge is -2.34. The molecule has 0 bridgehead atoms. The van der Waals surface area contributed by atoms with Crippen molar-refractivity contribution in [3.63, 3.8) is 0 Å². The van der Waals surface area contributed by atoms with Crippen LogP contribution in [0.25, 0.3) is 22.0 Å². The van der Waals surface area contributed by atoms with Gasteiger partial charge in [-0.25, -0.2) is 9.78 Å². The standard InChI is InChI=1S/C42H49N7O5/c1-40(2,3)54-39(53)47-41(4,5)37(51)45-34(24-30-25-43-33-17-11-10-16-32(30)33)36(50)46-35-26-49(27-44-35)42(6,38(52)48-22-12-13-23-48)31-20-18-29(19-21-31)28-14-8-7-9-15-28/h7-11,14-21,25-27,34,43H,12-13,22-24H2,1-6H3,(H,45,51)(H,46,50)(H,47,53)/t34-,42?/m0/s1. The predicted octanol–water partition coefficient (Wildman–Crippen LogP) is 6.39. The van der Waals surface area contributed by atoms with Gasteiger partial charge in [0.05, 0.1) is 6.33 Å². The summed E-state index contributed by atoms with van der Waals surface area (Å²) in [6.45, 7) is 11.5. The second-order valence-corrected chi connectivity index (χ2v) is 15.5. The maximum absolute atomic E-state index is 14.3. The molecule has 1 saturated heterocycles. The van der Waals surface area contributed by atoms with Gasteiger partial charge in [0.1, 0.15) is 22.7 Å². The molecule has 54 heavy (non-hydrogen) atoms. The largest absolute Gasteiger partial charge is 0.444 e. The van der Waals surface area contributed by atoms with Gasteiger partial charge in [-0.1, -0.05) is 72.8 Å². The fourth-order valence-electron chi connectivity index (χ4n) is 6.76. The van der Waals surface area contributed by atoms with Gasteiger partial charge in [-0.15, -0.1) is 0 Å². The molecule has 3 heterocycles. The summed E-state index contributed by atoms with van der Waals surface area (Å²) in [7, 11) is 0. The van der Waals surface area contributed by atoms with Crippen LogP contribution >= 0.6 is 0 Å². The van der Waals surface area contributed by atoms with Crippen LogP contribution in [-0.4, -0.2) is 73.5 Å². The highest BCUT2D eigenvalue weighted by Crippen LogP contribution is 2.33. The van der Waals surface area contributed by atoms with Gasteiger partial charge in [0.15, 0.2) is 5.82 Å². The Morgan fingerprint density at radius 1 is 0.852 bits per heavy atom. The Bertz CT molecular complexity index is 2130. The number of fused-ring (bicyclic) bond motifs is 1. The number of nitrogens with one attached hydrogen (secondary N) is 4. The SMILES string of the molecule is CC(C)(C)OC(=O)NC(C)(C)C(=O)N[C@@H](Cc1c[nH]c2ccccc12)C(=O)Nc1cn(C(C)(C(=O)N2CCCC2)c2ccc(-c3ccccc3)cc2)cn1. The van der Waals surface area contributed by atoms with E-state index in [1.54, 1.807) is 51.7 Å². The van der Waals surface area contributed by atoms with Gasteiger partial charge in [-0.2, -0.15) is 0 Å². The average molecular weight is 732 g/mol. The number of hydrogen-bond donors (Lipinski definition) is 4. The Hall–Kier alpha value is -5.91. The van der Waals surface area contributed by atoms with E-state index in [9.17, 15) is 19.2 Å². The van der Waals surface area contributed by atoms with E-state index in [0.29, 0.717) is 13.1 Å². The molecule has 0 saturated carbocycles. The van der Waals surface area contributed by atoms with Crippen molar-refractivity contribution in [3.8, 4) is 11.1 Å². The lowest BCUT2D eigenvalue weighted by molar-refractivity contribution is -0.137. The van der Waals surface area contributed by atoms with Gasteiger partial charge in [0.25, 0.3) is 5.91 Å². The minimum absolute atomic E-state index is 0.0630. The number of para-hydroxylation sites is 1. The molecule has 0 aliphatic carbocycles. The molecule has 0 spiro atoms. The Morgan fingerprint density at radius 3 is 2.19 bits per heavy atom. The molecular weight excluding hydrogens is 683 g/mol. The minimum Gasteiger partial charge on any atom is -0.444 e. The van der Waals surface area contributed by atoms with Crippen molar-refractivity contribution < 1.29 is 23.9 Å². The summed E-state index contributed by atoms with van der Waals surface area (Å²) < 4.78 is 7.11. The number of carbonyl (C=O) groups is 4. The van der Waals surface area contributed by atoms with Crippen molar-refractivity contribution in [2.24, 2.45) is 0 Å². The number of nitrogens with zero attached hydrogens (tertiary/aromatic N) is 3. The fraction of sp³-hybridized carbons (Fsp3) is 0.357. The van der Waals surface area contributed by atoms with Gasteiger partial charge in [0.2, 0.25) is 11.8 Å². The number of likely N-dealkylation sites (tertiary alicyclic amines) is 1. The van der Waals surface area contributed by atoms with Crippen LogP contribution in [-0.2, 0) is 31.1 Å². The molecule has 6 rings (SSSR count). The van der Waals surface area contributed by atoms with Crippen molar-refractivity contribution in [1.82, 2.24) is 30.1 Å². The normalized spacial score (nSPS) is 15.0. The van der Waals surface area contributed by atoms with E-state index in [1.165, 1.54) is 0 Å². The van der Waals surface area contributed by atoms with Crippen LogP contribution in [0.1, 0.15) is 65.5 Å². The van der Waals surface area contributed by atoms with E-state index in [1.807, 2.05) is 96.9 Å². The second kappa shape index (κ2) is 15.2. The summed E-state index contributed by atoms with van der Waals surface area (Å²) in [4.78, 5) is 64.4. The average Bonchev–Trinajstić information content (AvgIpc) is 3.93. The van der Waals surface area contributed by atoms with Crippen LogP contribution < -0.4 is 16.0 Å². The molecular formula is C42H49N7O5. The summed E-state index contributed by atoms with van der Waals surface area (Å²) in [5, 5.41) is 9.26. The number of rotatable bonds is 11. The number of alkyl carbamates (subject to hydrolysis) is 1. The fourth-order valence-corrected chi connectivity index (χ4v) is 6.76. The highest BCUT2D eigenvalue weighted by Gasteiger charge is 2.41. The van der Waals surface area contributed by atoms with Crippen LogP contribution in [0, 0.1) is 0 Å². The van der Waals surface area contributed by atoms with Gasteiger partial charge >= 0.3 is 6.09 Å². The summed E-state index contributed by atoms with van der Waals surface area (Å²) >= 11 is 0. The van der Waals surface area contributed by atoms with Crippen LogP contribution in [0.2, 0.25) is 0 Å². The molecule has 282 valence electrons. The van der Waals surface area contributed by atoms with Crippen molar-refractivity contribution in [2.75, 3.05) is 18.4 Å². The van der Waals surface area contributed by atoms with E-state index in [0.717, 1.165) is 46.0 Å². The Balaban J connectivity index is 1.27. The number of amides is 4. The van der Waals surface area contributed by atoms with Crippen LogP contribution in [0.15, 0.2) is 97.6 Å². The molecule has 2 atom stereocenters. The van der Waals surface area contributed by atoms with Crippen LogP contribution in [0.4, 0.5) is 10.6 Å². The third-order valence-corrected chi connectivity index (χ3v) is 9.82. The van der Waals surface area contributed by atoms with Crippen LogP contribution in [0.3, 0.4) is 0 Å². The zero-order chi connectivity index (χ0) is 38.7. The molecule has 1 aliphatic rings. The molecule has 3 aromatic carbocycles. The van der Waals surface area contributed by atoms with E-state index in [-0.39, 0.29) is 18.1 Å². The number of H-pyrrole nitrogens is 1. The van der Waals surface area contributed by atoms with Crippen LogP contribution in [0.5, 0.6) is 0 Å². The van der Waals surface area contributed by atoms with Gasteiger partial charge in [-0.3, -0.25) is 14.4 Å². The molecule has 12 nitrogen and oxygen atoms in total. The first-order valence-electron chi connectivity index (χ1n) is 18.3. The summed E-state index contributed by atoms with van der Waals surface area (Å²) in [5.74, 6) is -0.953. The first-order chi connectivity index (χ1) is 25.6. The van der Waals surface area contributed by atoms with Crippen molar-refractivity contribution in [3.05, 3.63) is 109 Å². The van der Waals surface area contributed by atoms with Crippen molar-refractivity contribution in [2.45, 2.75) is 83.5 Å².